The lowest BCUT2D eigenvalue weighted by molar-refractivity contribution is -0.118. The quantitative estimate of drug-likeness (QED) is 0.892. The predicted octanol–water partition coefficient (Wildman–Crippen LogP) is 3.97. The zero-order chi connectivity index (χ0) is 16.4. The van der Waals surface area contributed by atoms with Gasteiger partial charge in [0.25, 0.3) is 0 Å². The van der Waals surface area contributed by atoms with Crippen molar-refractivity contribution in [1.29, 1.82) is 0 Å². The topological polar surface area (TPSA) is 58.2 Å². The summed E-state index contributed by atoms with van der Waals surface area (Å²) in [5.74, 6) is -0.189. The number of hydrogen-bond acceptors (Lipinski definition) is 2. The molecule has 2 amide bonds. The van der Waals surface area contributed by atoms with Crippen LogP contribution >= 0.6 is 11.6 Å². The minimum atomic E-state index is -0.491. The van der Waals surface area contributed by atoms with Crippen molar-refractivity contribution in [3.8, 4) is 0 Å². The van der Waals surface area contributed by atoms with E-state index < -0.39 is 5.41 Å². The fourth-order valence-corrected chi connectivity index (χ4v) is 2.88. The molecule has 0 aromatic heterocycles. The average Bonchev–Trinajstić information content (AvgIpc) is 3.28. The van der Waals surface area contributed by atoms with Crippen molar-refractivity contribution in [3.05, 3.63) is 59.1 Å². The molecule has 2 aromatic rings. The van der Waals surface area contributed by atoms with Crippen LogP contribution in [-0.2, 0) is 15.0 Å². The summed E-state index contributed by atoms with van der Waals surface area (Å²) in [7, 11) is 0. The van der Waals surface area contributed by atoms with E-state index in [-0.39, 0.29) is 11.8 Å². The first-order chi connectivity index (χ1) is 11.0. The molecular weight excluding hydrogens is 312 g/mol. The van der Waals surface area contributed by atoms with Crippen LogP contribution in [-0.4, -0.2) is 11.8 Å². The first kappa shape index (κ1) is 15.6. The van der Waals surface area contributed by atoms with Crippen LogP contribution in [0.1, 0.15) is 25.3 Å². The largest absolute Gasteiger partial charge is 0.326 e. The van der Waals surface area contributed by atoms with E-state index in [0.29, 0.717) is 16.4 Å². The van der Waals surface area contributed by atoms with E-state index in [1.165, 1.54) is 6.92 Å². The van der Waals surface area contributed by atoms with Gasteiger partial charge in [0.1, 0.15) is 0 Å². The van der Waals surface area contributed by atoms with Gasteiger partial charge in [-0.25, -0.2) is 0 Å². The molecule has 1 aliphatic carbocycles. The van der Waals surface area contributed by atoms with Gasteiger partial charge in [0.2, 0.25) is 11.8 Å². The van der Waals surface area contributed by atoms with Crippen LogP contribution in [0.4, 0.5) is 11.4 Å². The Bertz CT molecular complexity index is 769. The van der Waals surface area contributed by atoms with E-state index in [4.69, 9.17) is 11.6 Å². The maximum atomic E-state index is 12.7. The molecule has 0 bridgehead atoms. The Hall–Kier alpha value is -2.33. The first-order valence-corrected chi connectivity index (χ1v) is 7.83. The smallest absolute Gasteiger partial charge is 0.235 e. The number of amides is 2. The van der Waals surface area contributed by atoms with Crippen LogP contribution in [0.25, 0.3) is 0 Å². The number of rotatable bonds is 4. The molecule has 23 heavy (non-hydrogen) atoms. The highest BCUT2D eigenvalue weighted by Crippen LogP contribution is 2.49. The van der Waals surface area contributed by atoms with Gasteiger partial charge in [0.05, 0.1) is 5.41 Å². The molecule has 4 nitrogen and oxygen atoms in total. The molecule has 1 saturated carbocycles. The highest BCUT2D eigenvalue weighted by molar-refractivity contribution is 6.30. The third kappa shape index (κ3) is 3.37. The zero-order valence-corrected chi connectivity index (χ0v) is 13.5. The van der Waals surface area contributed by atoms with Gasteiger partial charge < -0.3 is 10.6 Å². The highest BCUT2D eigenvalue weighted by atomic mass is 35.5. The van der Waals surface area contributed by atoms with E-state index in [1.54, 1.807) is 30.3 Å². The molecule has 0 aliphatic heterocycles. The van der Waals surface area contributed by atoms with E-state index in [9.17, 15) is 9.59 Å². The second kappa shape index (κ2) is 6.05. The average molecular weight is 329 g/mol. The van der Waals surface area contributed by atoms with E-state index in [1.807, 2.05) is 18.2 Å². The van der Waals surface area contributed by atoms with Crippen LogP contribution in [0.2, 0.25) is 5.02 Å². The Labute approximate surface area is 139 Å². The van der Waals surface area contributed by atoms with E-state index in [0.717, 1.165) is 18.4 Å². The first-order valence-electron chi connectivity index (χ1n) is 7.45. The van der Waals surface area contributed by atoms with Crippen LogP contribution in [0.5, 0.6) is 0 Å². The maximum Gasteiger partial charge on any atom is 0.235 e. The molecule has 0 radical (unpaired) electrons. The molecule has 1 fully saturated rings. The lowest BCUT2D eigenvalue weighted by Crippen LogP contribution is -2.27. The van der Waals surface area contributed by atoms with Gasteiger partial charge in [0, 0.05) is 23.3 Å². The summed E-state index contributed by atoms with van der Waals surface area (Å²) in [6.07, 6.45) is 1.62. The maximum absolute atomic E-state index is 12.7. The lowest BCUT2D eigenvalue weighted by Gasteiger charge is -2.16. The zero-order valence-electron chi connectivity index (χ0n) is 12.7. The van der Waals surface area contributed by atoms with Gasteiger partial charge in [-0.15, -0.1) is 0 Å². The van der Waals surface area contributed by atoms with Gasteiger partial charge in [-0.05, 0) is 48.7 Å². The fourth-order valence-electron chi connectivity index (χ4n) is 2.69. The number of halogens is 1. The number of carbonyl (C=O) groups is 2. The van der Waals surface area contributed by atoms with Crippen LogP contribution in [0.15, 0.2) is 48.5 Å². The summed E-state index contributed by atoms with van der Waals surface area (Å²) >= 11 is 6.04. The summed E-state index contributed by atoms with van der Waals surface area (Å²) in [5, 5.41) is 6.28. The molecule has 1 aliphatic rings. The molecule has 5 heteroatoms. The highest BCUT2D eigenvalue weighted by Gasteiger charge is 2.51. The molecule has 0 saturated heterocycles. The normalized spacial score (nSPS) is 14.9. The Morgan fingerprint density at radius 3 is 2.26 bits per heavy atom. The number of benzene rings is 2. The van der Waals surface area contributed by atoms with Crippen molar-refractivity contribution >= 4 is 34.8 Å². The third-order valence-electron chi connectivity index (χ3n) is 4.00. The molecule has 3 rings (SSSR count). The molecule has 118 valence electrons. The number of carbonyl (C=O) groups excluding carboxylic acids is 2. The monoisotopic (exact) mass is 328 g/mol. The van der Waals surface area contributed by atoms with E-state index in [2.05, 4.69) is 10.6 Å². The Morgan fingerprint density at radius 2 is 1.65 bits per heavy atom. The summed E-state index contributed by atoms with van der Waals surface area (Å²) < 4.78 is 0. The molecular formula is C18H17ClN2O2. The minimum absolute atomic E-state index is 0.0419. The second-order valence-electron chi connectivity index (χ2n) is 5.81. The number of hydrogen-bond donors (Lipinski definition) is 2. The Balaban J connectivity index is 1.78. The van der Waals surface area contributed by atoms with Crippen molar-refractivity contribution in [3.63, 3.8) is 0 Å². The summed E-state index contributed by atoms with van der Waals surface area (Å²) in [4.78, 5) is 23.8. The standard InChI is InChI=1S/C18H17ClN2O2/c1-12(22)20-15-6-3-7-16(11-15)21-17(23)18(8-9-18)13-4-2-5-14(19)10-13/h2-7,10-11H,8-9H2,1H3,(H,20,22)(H,21,23). The van der Waals surface area contributed by atoms with Gasteiger partial charge in [-0.2, -0.15) is 0 Å². The second-order valence-corrected chi connectivity index (χ2v) is 6.25. The van der Waals surface area contributed by atoms with Crippen molar-refractivity contribution in [1.82, 2.24) is 0 Å². The van der Waals surface area contributed by atoms with Crippen molar-refractivity contribution in [2.24, 2.45) is 0 Å². The summed E-state index contributed by atoms with van der Waals surface area (Å²) in [6, 6.07) is 14.6. The predicted molar refractivity (Wildman–Crippen MR) is 91.7 cm³/mol. The third-order valence-corrected chi connectivity index (χ3v) is 4.24. The minimum Gasteiger partial charge on any atom is -0.326 e. The lowest BCUT2D eigenvalue weighted by atomic mass is 9.95. The number of nitrogens with one attached hydrogen (secondary N) is 2. The van der Waals surface area contributed by atoms with Gasteiger partial charge in [-0.1, -0.05) is 29.8 Å². The SMILES string of the molecule is CC(=O)Nc1cccc(NC(=O)C2(c3cccc(Cl)c3)CC2)c1. The summed E-state index contributed by atoms with van der Waals surface area (Å²) in [6.45, 7) is 1.45. The molecule has 2 N–H and O–H groups in total. The molecule has 0 atom stereocenters. The molecule has 0 unspecified atom stereocenters. The van der Waals surface area contributed by atoms with E-state index >= 15 is 0 Å². The van der Waals surface area contributed by atoms with Crippen LogP contribution < -0.4 is 10.6 Å². The Kier molecular flexibility index (Phi) is 4.09. The van der Waals surface area contributed by atoms with Gasteiger partial charge >= 0.3 is 0 Å². The molecule has 0 spiro atoms. The van der Waals surface area contributed by atoms with Crippen molar-refractivity contribution in [2.75, 3.05) is 10.6 Å². The van der Waals surface area contributed by atoms with Crippen molar-refractivity contribution in [2.45, 2.75) is 25.2 Å². The Morgan fingerprint density at radius 1 is 1.00 bits per heavy atom. The molecule has 2 aromatic carbocycles. The van der Waals surface area contributed by atoms with Gasteiger partial charge in [-0.3, -0.25) is 9.59 Å². The molecule has 0 heterocycles. The summed E-state index contributed by atoms with van der Waals surface area (Å²) in [5.41, 5.74) is 1.77. The number of anilines is 2. The fraction of sp³-hybridized carbons (Fsp3) is 0.222. The van der Waals surface area contributed by atoms with Crippen molar-refractivity contribution < 1.29 is 9.59 Å². The van der Waals surface area contributed by atoms with Crippen LogP contribution in [0.3, 0.4) is 0 Å². The van der Waals surface area contributed by atoms with Crippen LogP contribution in [0, 0.1) is 0 Å². The van der Waals surface area contributed by atoms with Gasteiger partial charge in [0.15, 0.2) is 0 Å².